The number of hydrogen-bond acceptors (Lipinski definition) is 4. The average molecular weight is 281 g/mol. The number of nitrogens with zero attached hydrogens (tertiary/aromatic N) is 1. The number of nitrogens with one attached hydrogen (secondary N) is 2. The number of hydrogen-bond donors (Lipinski definition) is 2. The van der Waals surface area contributed by atoms with Gasteiger partial charge in [-0.05, 0) is 43.9 Å². The van der Waals surface area contributed by atoms with Crippen molar-refractivity contribution >= 4 is 17.2 Å². The maximum atomic E-state index is 12.0. The van der Waals surface area contributed by atoms with E-state index in [2.05, 4.69) is 28.5 Å². The zero-order valence-electron chi connectivity index (χ0n) is 11.5. The summed E-state index contributed by atoms with van der Waals surface area (Å²) in [6.45, 7) is 6.38. The third-order valence-electron chi connectivity index (χ3n) is 3.62. The van der Waals surface area contributed by atoms with Crippen LogP contribution in [0.1, 0.15) is 24.6 Å². The number of piperidine rings is 1. The summed E-state index contributed by atoms with van der Waals surface area (Å²) >= 11 is 1.68. The van der Waals surface area contributed by atoms with Crippen LogP contribution in [0.5, 0.6) is 0 Å². The van der Waals surface area contributed by atoms with Crippen molar-refractivity contribution in [3.63, 3.8) is 0 Å². The van der Waals surface area contributed by atoms with E-state index in [-0.39, 0.29) is 5.91 Å². The van der Waals surface area contributed by atoms with Gasteiger partial charge in [0.2, 0.25) is 5.91 Å². The van der Waals surface area contributed by atoms with Gasteiger partial charge in [0.15, 0.2) is 0 Å². The molecule has 0 saturated carbocycles. The number of carbonyl (C=O) groups excluding carboxylic acids is 1. The highest BCUT2D eigenvalue weighted by atomic mass is 32.1. The molecule has 4 nitrogen and oxygen atoms in total. The highest BCUT2D eigenvalue weighted by Crippen LogP contribution is 2.11. The van der Waals surface area contributed by atoms with Crippen LogP contribution in [0.3, 0.4) is 0 Å². The van der Waals surface area contributed by atoms with Crippen molar-refractivity contribution in [2.24, 2.45) is 0 Å². The van der Waals surface area contributed by atoms with Crippen LogP contribution in [0.2, 0.25) is 0 Å². The van der Waals surface area contributed by atoms with Crippen LogP contribution in [0.15, 0.2) is 17.5 Å². The second-order valence-corrected chi connectivity index (χ2v) is 5.93. The quantitative estimate of drug-likeness (QED) is 0.829. The van der Waals surface area contributed by atoms with Gasteiger partial charge in [-0.2, -0.15) is 0 Å². The molecular formula is C14H23N3OS. The average Bonchev–Trinajstić information content (AvgIpc) is 2.97. The van der Waals surface area contributed by atoms with E-state index in [0.29, 0.717) is 19.1 Å². The maximum absolute atomic E-state index is 12.0. The van der Waals surface area contributed by atoms with E-state index in [4.69, 9.17) is 0 Å². The van der Waals surface area contributed by atoms with Crippen LogP contribution in [0.4, 0.5) is 0 Å². The molecule has 1 aliphatic heterocycles. The first-order valence-electron chi connectivity index (χ1n) is 7.03. The van der Waals surface area contributed by atoms with E-state index in [9.17, 15) is 4.79 Å². The van der Waals surface area contributed by atoms with Crippen molar-refractivity contribution in [1.29, 1.82) is 0 Å². The van der Waals surface area contributed by atoms with Crippen LogP contribution in [0, 0.1) is 0 Å². The van der Waals surface area contributed by atoms with Gasteiger partial charge in [-0.15, -0.1) is 11.3 Å². The van der Waals surface area contributed by atoms with Gasteiger partial charge in [0.05, 0.1) is 13.1 Å². The fraction of sp³-hybridized carbons (Fsp3) is 0.643. The predicted molar refractivity (Wildman–Crippen MR) is 79.3 cm³/mol. The molecule has 5 heteroatoms. The molecule has 1 saturated heterocycles. The van der Waals surface area contributed by atoms with Gasteiger partial charge in [0.25, 0.3) is 0 Å². The summed E-state index contributed by atoms with van der Waals surface area (Å²) in [5.74, 6) is 0.133. The molecule has 1 aromatic rings. The predicted octanol–water partition coefficient (Wildman–Crippen LogP) is 1.44. The lowest BCUT2D eigenvalue weighted by atomic mass is 10.0. The molecule has 1 aromatic heterocycles. The van der Waals surface area contributed by atoms with Crippen molar-refractivity contribution in [1.82, 2.24) is 15.5 Å². The first kappa shape index (κ1) is 14.5. The lowest BCUT2D eigenvalue weighted by Gasteiger charge is -2.33. The molecule has 1 fully saturated rings. The normalized spacial score (nSPS) is 16.7. The zero-order valence-corrected chi connectivity index (χ0v) is 12.3. The minimum atomic E-state index is 0.133. The van der Waals surface area contributed by atoms with Gasteiger partial charge in [0.1, 0.15) is 0 Å². The molecule has 2 rings (SSSR count). The summed E-state index contributed by atoms with van der Waals surface area (Å²) in [4.78, 5) is 15.5. The molecule has 0 bridgehead atoms. The Morgan fingerprint density at radius 1 is 1.53 bits per heavy atom. The van der Waals surface area contributed by atoms with E-state index in [1.165, 1.54) is 4.88 Å². The molecule has 106 valence electrons. The van der Waals surface area contributed by atoms with E-state index >= 15 is 0 Å². The minimum Gasteiger partial charge on any atom is -0.350 e. The smallest absolute Gasteiger partial charge is 0.234 e. The highest BCUT2D eigenvalue weighted by Gasteiger charge is 2.21. The van der Waals surface area contributed by atoms with Gasteiger partial charge in [-0.1, -0.05) is 13.0 Å². The fourth-order valence-electron chi connectivity index (χ4n) is 2.51. The van der Waals surface area contributed by atoms with Crippen LogP contribution < -0.4 is 10.6 Å². The summed E-state index contributed by atoms with van der Waals surface area (Å²) in [5, 5.41) is 8.40. The Morgan fingerprint density at radius 2 is 2.32 bits per heavy atom. The number of rotatable bonds is 6. The Bertz CT molecular complexity index is 374. The largest absolute Gasteiger partial charge is 0.350 e. The third-order valence-corrected chi connectivity index (χ3v) is 4.49. The Balaban J connectivity index is 1.75. The second-order valence-electron chi connectivity index (χ2n) is 4.90. The highest BCUT2D eigenvalue weighted by molar-refractivity contribution is 7.09. The first-order valence-corrected chi connectivity index (χ1v) is 7.91. The van der Waals surface area contributed by atoms with E-state index < -0.39 is 0 Å². The number of thiophene rings is 1. The molecule has 1 amide bonds. The maximum Gasteiger partial charge on any atom is 0.234 e. The minimum absolute atomic E-state index is 0.133. The molecule has 19 heavy (non-hydrogen) atoms. The van der Waals surface area contributed by atoms with Gasteiger partial charge in [-0.3, -0.25) is 9.69 Å². The van der Waals surface area contributed by atoms with Crippen molar-refractivity contribution in [2.75, 3.05) is 26.2 Å². The molecule has 0 aromatic carbocycles. The molecule has 2 heterocycles. The summed E-state index contributed by atoms with van der Waals surface area (Å²) in [7, 11) is 0. The summed E-state index contributed by atoms with van der Waals surface area (Å²) in [6.07, 6.45) is 2.29. The van der Waals surface area contributed by atoms with Crippen molar-refractivity contribution in [3.8, 4) is 0 Å². The van der Waals surface area contributed by atoms with E-state index in [1.807, 2.05) is 11.4 Å². The lowest BCUT2D eigenvalue weighted by molar-refractivity contribution is -0.123. The third kappa shape index (κ3) is 4.60. The lowest BCUT2D eigenvalue weighted by Crippen LogP contribution is -2.47. The van der Waals surface area contributed by atoms with Crippen molar-refractivity contribution < 1.29 is 4.79 Å². The van der Waals surface area contributed by atoms with Gasteiger partial charge >= 0.3 is 0 Å². The topological polar surface area (TPSA) is 44.4 Å². The molecule has 0 aliphatic carbocycles. The molecule has 1 aliphatic rings. The van der Waals surface area contributed by atoms with E-state index in [1.54, 1.807) is 11.3 Å². The summed E-state index contributed by atoms with van der Waals surface area (Å²) in [5.41, 5.74) is 0. The molecule has 0 radical (unpaired) electrons. The van der Waals surface area contributed by atoms with Gasteiger partial charge < -0.3 is 10.6 Å². The van der Waals surface area contributed by atoms with Crippen LogP contribution in [0.25, 0.3) is 0 Å². The molecule has 2 N–H and O–H groups in total. The van der Waals surface area contributed by atoms with Crippen molar-refractivity contribution in [2.45, 2.75) is 32.4 Å². The Hall–Kier alpha value is -0.910. The number of likely N-dealkylation sites (N-methyl/N-ethyl adjacent to an activating group) is 1. The SMILES string of the molecule is CCN(CC(=O)NCc1cccs1)C1CCNCC1. The second kappa shape index (κ2) is 7.62. The van der Waals surface area contributed by atoms with Gasteiger partial charge in [-0.25, -0.2) is 0 Å². The fourth-order valence-corrected chi connectivity index (χ4v) is 3.15. The Morgan fingerprint density at radius 3 is 2.95 bits per heavy atom. The molecule has 0 spiro atoms. The van der Waals surface area contributed by atoms with Gasteiger partial charge in [0, 0.05) is 10.9 Å². The van der Waals surface area contributed by atoms with Crippen LogP contribution in [-0.2, 0) is 11.3 Å². The number of carbonyl (C=O) groups is 1. The monoisotopic (exact) mass is 281 g/mol. The first-order chi connectivity index (χ1) is 9.29. The van der Waals surface area contributed by atoms with Crippen LogP contribution >= 0.6 is 11.3 Å². The summed E-state index contributed by atoms with van der Waals surface area (Å²) < 4.78 is 0. The molecule has 0 atom stereocenters. The zero-order chi connectivity index (χ0) is 13.5. The standard InChI is InChI=1S/C14H23N3OS/c1-2-17(12-5-7-15-8-6-12)11-14(18)16-10-13-4-3-9-19-13/h3-4,9,12,15H,2,5-8,10-11H2,1H3,(H,16,18). The summed E-state index contributed by atoms with van der Waals surface area (Å²) in [6, 6.07) is 4.62. The Labute approximate surface area is 119 Å². The van der Waals surface area contributed by atoms with Crippen molar-refractivity contribution in [3.05, 3.63) is 22.4 Å². The van der Waals surface area contributed by atoms with Crippen LogP contribution in [-0.4, -0.2) is 43.0 Å². The van der Waals surface area contributed by atoms with E-state index in [0.717, 1.165) is 32.5 Å². The number of amides is 1. The Kier molecular flexibility index (Phi) is 5.82. The molecule has 0 unspecified atom stereocenters. The molecular weight excluding hydrogens is 258 g/mol.